The van der Waals surface area contributed by atoms with E-state index in [0.29, 0.717) is 5.56 Å². The Hall–Kier alpha value is -8.78. The third-order valence-electron chi connectivity index (χ3n) is 14.0. The fourth-order valence-electron chi connectivity index (χ4n) is 10.5. The molecule has 0 aliphatic carbocycles. The quantitative estimate of drug-likeness (QED) is 0.160. The number of hydrogen-bond acceptors (Lipinski definition) is 2. The molecule has 0 unspecified atom stereocenters. The Bertz CT molecular complexity index is 3820. The topological polar surface area (TPSA) is 46.5 Å². The Labute approximate surface area is 396 Å². The van der Waals surface area contributed by atoms with Crippen molar-refractivity contribution in [1.82, 2.24) is 14.1 Å². The maximum absolute atomic E-state index is 9.97. The molecule has 0 saturated heterocycles. The molecule has 12 aromatic rings. The van der Waals surface area contributed by atoms with E-state index in [1.165, 1.54) is 55.3 Å². The fourth-order valence-corrected chi connectivity index (χ4v) is 10.5. The molecule has 4 nitrogen and oxygen atoms in total. The Morgan fingerprint density at radius 1 is 0.353 bits per heavy atom. The number of aromatic nitrogens is 3. The zero-order chi connectivity index (χ0) is 46.0. The molecule has 322 valence electrons. The van der Waals surface area contributed by atoms with Gasteiger partial charge < -0.3 is 4.57 Å². The summed E-state index contributed by atoms with van der Waals surface area (Å²) in [7, 11) is 0. The molecule has 0 N–H and O–H groups in total. The van der Waals surface area contributed by atoms with Gasteiger partial charge in [0, 0.05) is 27.1 Å². The third-order valence-corrected chi connectivity index (χ3v) is 14.0. The van der Waals surface area contributed by atoms with Gasteiger partial charge in [-0.3, -0.25) is 4.57 Å². The predicted molar refractivity (Wildman–Crippen MR) is 284 cm³/mol. The van der Waals surface area contributed by atoms with E-state index < -0.39 is 0 Å². The van der Waals surface area contributed by atoms with E-state index in [2.05, 4.69) is 237 Å². The summed E-state index contributed by atoms with van der Waals surface area (Å²) in [5.41, 5.74) is 22.2. The normalized spacial score (nSPS) is 11.5. The van der Waals surface area contributed by atoms with Crippen molar-refractivity contribution in [2.75, 3.05) is 0 Å². The predicted octanol–water partition coefficient (Wildman–Crippen LogP) is 16.7. The van der Waals surface area contributed by atoms with Gasteiger partial charge in [0.25, 0.3) is 0 Å². The number of fused-ring (bicyclic) bond motifs is 6. The van der Waals surface area contributed by atoms with Gasteiger partial charge in [0.2, 0.25) is 0 Å². The first-order valence-corrected chi connectivity index (χ1v) is 23.2. The Balaban J connectivity index is 1.17. The standard InChI is InChI=1S/C64H46N4/c1-40-13-5-9-17-50(40)46-25-29-54-55-30-26-47(51-18-10-6-14-41(51)2)34-60(55)67(59(54)33-46)63-39-66-64(37-58(63)45-23-21-44(38-65)22-24-45)68-61-35-48(52-19-11-7-15-42(52)3)27-31-56(61)57-32-28-49(36-62(57)68)53-20-12-8-16-43(53)4/h5-37,39H,1-4H3. The number of nitrogens with zero attached hydrogens (tertiary/aromatic N) is 4. The minimum absolute atomic E-state index is 0.613. The number of rotatable bonds is 7. The molecule has 0 atom stereocenters. The van der Waals surface area contributed by atoms with Gasteiger partial charge in [-0.15, -0.1) is 0 Å². The van der Waals surface area contributed by atoms with Crippen LogP contribution in [0.1, 0.15) is 27.8 Å². The van der Waals surface area contributed by atoms with Gasteiger partial charge in [-0.1, -0.05) is 158 Å². The summed E-state index contributed by atoms with van der Waals surface area (Å²) in [5, 5.41) is 14.6. The molecule has 68 heavy (non-hydrogen) atoms. The summed E-state index contributed by atoms with van der Waals surface area (Å²) in [4.78, 5) is 5.53. The largest absolute Gasteiger partial charge is 0.307 e. The SMILES string of the molecule is Cc1ccccc1-c1ccc2c3ccc(-c4ccccc4C)cc3n(-c3cc(-c4ccc(C#N)cc4)c(-n4c5cc(-c6ccccc6C)ccc5c5ccc(-c6ccccc6C)cc54)cn3)c2c1. The third kappa shape index (κ3) is 6.71. The smallest absolute Gasteiger partial charge is 0.138 e. The molecule has 9 aromatic carbocycles. The molecule has 0 radical (unpaired) electrons. The highest BCUT2D eigenvalue weighted by molar-refractivity contribution is 6.13. The van der Waals surface area contributed by atoms with E-state index in [0.717, 1.165) is 77.7 Å². The van der Waals surface area contributed by atoms with Crippen LogP contribution in [0, 0.1) is 39.0 Å². The van der Waals surface area contributed by atoms with Crippen LogP contribution in [-0.2, 0) is 0 Å². The Morgan fingerprint density at radius 3 is 1.04 bits per heavy atom. The lowest BCUT2D eigenvalue weighted by Gasteiger charge is -2.18. The zero-order valence-electron chi connectivity index (χ0n) is 38.4. The van der Waals surface area contributed by atoms with Crippen LogP contribution in [0.15, 0.2) is 206 Å². The summed E-state index contributed by atoms with van der Waals surface area (Å²) in [6.07, 6.45) is 2.07. The lowest BCUT2D eigenvalue weighted by molar-refractivity contribution is 1.06. The molecular weight excluding hydrogens is 825 g/mol. The molecule has 4 heteroatoms. The van der Waals surface area contributed by atoms with E-state index in [9.17, 15) is 5.26 Å². The van der Waals surface area contributed by atoms with Crippen LogP contribution in [0.5, 0.6) is 0 Å². The summed E-state index contributed by atoms with van der Waals surface area (Å²) < 4.78 is 4.76. The number of aryl methyl sites for hydroxylation is 4. The average molecular weight is 871 g/mol. The molecule has 0 saturated carbocycles. The van der Waals surface area contributed by atoms with E-state index in [1.807, 2.05) is 12.1 Å². The summed E-state index contributed by atoms with van der Waals surface area (Å²) >= 11 is 0. The van der Waals surface area contributed by atoms with Gasteiger partial charge in [-0.2, -0.15) is 5.26 Å². The molecule has 12 rings (SSSR count). The Kier molecular flexibility index (Phi) is 9.74. The molecule has 0 spiro atoms. The minimum atomic E-state index is 0.613. The van der Waals surface area contributed by atoms with Crippen molar-refractivity contribution in [2.45, 2.75) is 27.7 Å². The molecule has 0 aliphatic heterocycles. The molecular formula is C64H46N4. The highest BCUT2D eigenvalue weighted by Gasteiger charge is 2.22. The number of benzene rings is 9. The number of hydrogen-bond donors (Lipinski definition) is 0. The summed E-state index contributed by atoms with van der Waals surface area (Å²) in [6, 6.07) is 74.4. The number of nitriles is 1. The lowest BCUT2D eigenvalue weighted by atomic mass is 9.98. The van der Waals surface area contributed by atoms with Crippen LogP contribution in [0.3, 0.4) is 0 Å². The summed E-state index contributed by atoms with van der Waals surface area (Å²) in [5.74, 6) is 0.805. The molecule has 3 heterocycles. The van der Waals surface area contributed by atoms with E-state index >= 15 is 0 Å². The van der Waals surface area contributed by atoms with Crippen LogP contribution in [0.2, 0.25) is 0 Å². The maximum atomic E-state index is 9.97. The van der Waals surface area contributed by atoms with Crippen molar-refractivity contribution in [3.8, 4) is 73.2 Å². The van der Waals surface area contributed by atoms with Crippen molar-refractivity contribution in [2.24, 2.45) is 0 Å². The van der Waals surface area contributed by atoms with Gasteiger partial charge in [-0.05, 0) is 142 Å². The zero-order valence-corrected chi connectivity index (χ0v) is 38.4. The molecule has 0 aliphatic rings. The van der Waals surface area contributed by atoms with Gasteiger partial charge >= 0.3 is 0 Å². The van der Waals surface area contributed by atoms with Crippen molar-refractivity contribution in [3.63, 3.8) is 0 Å². The second kappa shape index (κ2) is 16.3. The van der Waals surface area contributed by atoms with Crippen molar-refractivity contribution < 1.29 is 0 Å². The van der Waals surface area contributed by atoms with Crippen LogP contribution < -0.4 is 0 Å². The second-order valence-corrected chi connectivity index (χ2v) is 18.1. The lowest BCUT2D eigenvalue weighted by Crippen LogP contribution is -2.04. The number of pyridine rings is 1. The first kappa shape index (κ1) is 40.7. The van der Waals surface area contributed by atoms with Gasteiger partial charge in [0.15, 0.2) is 0 Å². The molecule has 3 aromatic heterocycles. The van der Waals surface area contributed by atoms with Crippen LogP contribution in [-0.4, -0.2) is 14.1 Å². The van der Waals surface area contributed by atoms with Crippen molar-refractivity contribution in [3.05, 3.63) is 234 Å². The second-order valence-electron chi connectivity index (χ2n) is 18.1. The van der Waals surface area contributed by atoms with E-state index in [-0.39, 0.29) is 0 Å². The summed E-state index contributed by atoms with van der Waals surface area (Å²) in [6.45, 7) is 8.71. The molecule has 0 bridgehead atoms. The van der Waals surface area contributed by atoms with E-state index in [1.54, 1.807) is 0 Å². The minimum Gasteiger partial charge on any atom is -0.307 e. The van der Waals surface area contributed by atoms with Gasteiger partial charge in [-0.25, -0.2) is 4.98 Å². The average Bonchev–Trinajstić information content (AvgIpc) is 3.87. The van der Waals surface area contributed by atoms with E-state index in [4.69, 9.17) is 4.98 Å². The first-order chi connectivity index (χ1) is 33.3. The van der Waals surface area contributed by atoms with Crippen LogP contribution in [0.4, 0.5) is 0 Å². The Morgan fingerprint density at radius 2 is 0.691 bits per heavy atom. The van der Waals surface area contributed by atoms with Crippen LogP contribution in [0.25, 0.3) is 111 Å². The van der Waals surface area contributed by atoms with Crippen LogP contribution >= 0.6 is 0 Å². The first-order valence-electron chi connectivity index (χ1n) is 23.2. The molecule has 0 amide bonds. The van der Waals surface area contributed by atoms with Crippen molar-refractivity contribution in [1.29, 1.82) is 5.26 Å². The fraction of sp³-hybridized carbons (Fsp3) is 0.0625. The molecule has 0 fully saturated rings. The van der Waals surface area contributed by atoms with Gasteiger partial charge in [0.05, 0.1) is 45.6 Å². The highest BCUT2D eigenvalue weighted by atomic mass is 15.1. The monoisotopic (exact) mass is 870 g/mol. The maximum Gasteiger partial charge on any atom is 0.138 e. The van der Waals surface area contributed by atoms with Gasteiger partial charge in [0.1, 0.15) is 5.82 Å². The highest BCUT2D eigenvalue weighted by Crippen LogP contribution is 2.43. The van der Waals surface area contributed by atoms with Crippen molar-refractivity contribution >= 4 is 43.6 Å².